The van der Waals surface area contributed by atoms with E-state index in [2.05, 4.69) is 21.7 Å². The third-order valence-electron chi connectivity index (χ3n) is 6.57. The molecule has 0 bridgehead atoms. The van der Waals surface area contributed by atoms with E-state index in [1.165, 1.54) is 0 Å². The van der Waals surface area contributed by atoms with E-state index in [9.17, 15) is 14.4 Å². The topological polar surface area (TPSA) is 109 Å². The van der Waals surface area contributed by atoms with Crippen molar-refractivity contribution in [2.24, 2.45) is 0 Å². The summed E-state index contributed by atoms with van der Waals surface area (Å²) in [5, 5.41) is 12.1. The predicted molar refractivity (Wildman–Crippen MR) is 140 cm³/mol. The van der Waals surface area contributed by atoms with Gasteiger partial charge in [0.15, 0.2) is 0 Å². The zero-order valence-electron chi connectivity index (χ0n) is 20.5. The fourth-order valence-corrected chi connectivity index (χ4v) is 4.89. The molecule has 4 rings (SSSR count). The Hall–Kier alpha value is -3.33. The number of nitrogens with one attached hydrogen (secondary N) is 1. The maximum atomic E-state index is 13.2. The first-order chi connectivity index (χ1) is 17.4. The van der Waals surface area contributed by atoms with Crippen LogP contribution in [-0.4, -0.2) is 50.1 Å². The summed E-state index contributed by atoms with van der Waals surface area (Å²) in [6.45, 7) is 3.70. The Labute approximate surface area is 214 Å². The number of hydrogen-bond acceptors (Lipinski definition) is 5. The number of nitrogens with zero attached hydrogens (tertiary/aromatic N) is 4. The fourth-order valence-electron chi connectivity index (χ4n) is 4.76. The SMILES string of the molecule is CCCCCn1c(N2CCC[C@@H]2CC(=O)NCCC(=O)O)cc(=O)n2cc(-c3ccc(Cl)cc3)nc12. The fraction of sp³-hybridized carbons (Fsp3) is 0.462. The average Bonchev–Trinajstić information content (AvgIpc) is 3.48. The van der Waals surface area contributed by atoms with Crippen molar-refractivity contribution in [1.29, 1.82) is 0 Å². The van der Waals surface area contributed by atoms with Crippen molar-refractivity contribution in [3.8, 4) is 11.3 Å². The highest BCUT2D eigenvalue weighted by atomic mass is 35.5. The molecule has 192 valence electrons. The van der Waals surface area contributed by atoms with Crippen molar-refractivity contribution in [2.45, 2.75) is 64.5 Å². The molecule has 0 radical (unpaired) electrons. The van der Waals surface area contributed by atoms with E-state index in [1.54, 1.807) is 28.8 Å². The molecule has 0 unspecified atom stereocenters. The molecule has 2 N–H and O–H groups in total. The summed E-state index contributed by atoms with van der Waals surface area (Å²) in [5.41, 5.74) is 1.40. The van der Waals surface area contributed by atoms with Crippen LogP contribution in [0.4, 0.5) is 5.82 Å². The second kappa shape index (κ2) is 11.6. The largest absolute Gasteiger partial charge is 0.481 e. The van der Waals surface area contributed by atoms with Crippen LogP contribution >= 0.6 is 11.6 Å². The van der Waals surface area contributed by atoms with Crippen LogP contribution in [0.3, 0.4) is 0 Å². The zero-order chi connectivity index (χ0) is 25.7. The lowest BCUT2D eigenvalue weighted by Gasteiger charge is -2.29. The number of amides is 1. The van der Waals surface area contributed by atoms with Crippen LogP contribution in [0.25, 0.3) is 17.0 Å². The van der Waals surface area contributed by atoms with Crippen molar-refractivity contribution in [3.63, 3.8) is 0 Å². The minimum absolute atomic E-state index is 0.0696. The minimum atomic E-state index is -0.945. The molecule has 36 heavy (non-hydrogen) atoms. The van der Waals surface area contributed by atoms with Gasteiger partial charge < -0.3 is 15.3 Å². The summed E-state index contributed by atoms with van der Waals surface area (Å²) in [6.07, 6.45) is 6.70. The second-order valence-electron chi connectivity index (χ2n) is 9.19. The van der Waals surface area contributed by atoms with E-state index in [4.69, 9.17) is 21.7 Å². The van der Waals surface area contributed by atoms with Crippen molar-refractivity contribution in [2.75, 3.05) is 18.0 Å². The number of rotatable bonds is 11. The van der Waals surface area contributed by atoms with E-state index in [-0.39, 0.29) is 36.9 Å². The molecule has 1 saturated heterocycles. The third-order valence-corrected chi connectivity index (χ3v) is 6.83. The van der Waals surface area contributed by atoms with Gasteiger partial charge in [-0.05, 0) is 31.4 Å². The van der Waals surface area contributed by atoms with Gasteiger partial charge in [-0.1, -0.05) is 43.5 Å². The summed E-state index contributed by atoms with van der Waals surface area (Å²) in [4.78, 5) is 43.4. The van der Waals surface area contributed by atoms with Gasteiger partial charge in [-0.3, -0.25) is 23.4 Å². The van der Waals surface area contributed by atoms with Gasteiger partial charge in [-0.25, -0.2) is 4.98 Å². The number of fused-ring (bicyclic) bond motifs is 1. The summed E-state index contributed by atoms with van der Waals surface area (Å²) in [7, 11) is 0. The maximum Gasteiger partial charge on any atom is 0.305 e. The Bertz CT molecular complexity index is 1280. The number of aromatic nitrogens is 3. The van der Waals surface area contributed by atoms with Crippen molar-refractivity contribution < 1.29 is 14.7 Å². The Morgan fingerprint density at radius 2 is 2.00 bits per heavy atom. The van der Waals surface area contributed by atoms with Crippen molar-refractivity contribution in [3.05, 3.63) is 51.9 Å². The Kier molecular flexibility index (Phi) is 8.30. The number of halogens is 1. The molecule has 2 aromatic heterocycles. The number of carboxylic acid groups (broad SMARTS) is 1. The van der Waals surface area contributed by atoms with Gasteiger partial charge in [0.2, 0.25) is 11.7 Å². The number of carbonyl (C=O) groups is 2. The van der Waals surface area contributed by atoms with Crippen LogP contribution in [0.15, 0.2) is 41.3 Å². The van der Waals surface area contributed by atoms with Crippen molar-refractivity contribution in [1.82, 2.24) is 19.3 Å². The molecule has 1 aliphatic rings. The molecule has 3 aromatic rings. The molecule has 0 aliphatic carbocycles. The van der Waals surface area contributed by atoms with Crippen LogP contribution in [0.2, 0.25) is 5.02 Å². The zero-order valence-corrected chi connectivity index (χ0v) is 21.2. The van der Waals surface area contributed by atoms with E-state index in [0.717, 1.165) is 50.0 Å². The number of carboxylic acids is 1. The van der Waals surface area contributed by atoms with Crippen LogP contribution in [0, 0.1) is 0 Å². The number of carbonyl (C=O) groups excluding carboxylic acids is 1. The summed E-state index contributed by atoms with van der Waals surface area (Å²) < 4.78 is 3.68. The minimum Gasteiger partial charge on any atom is -0.481 e. The Balaban J connectivity index is 1.68. The second-order valence-corrected chi connectivity index (χ2v) is 9.63. The van der Waals surface area contributed by atoms with Gasteiger partial charge in [-0.2, -0.15) is 0 Å². The van der Waals surface area contributed by atoms with E-state index in [0.29, 0.717) is 23.0 Å². The van der Waals surface area contributed by atoms with E-state index in [1.807, 2.05) is 12.1 Å². The highest BCUT2D eigenvalue weighted by molar-refractivity contribution is 6.30. The van der Waals surface area contributed by atoms with E-state index < -0.39 is 5.97 Å². The molecule has 10 heteroatoms. The van der Waals surface area contributed by atoms with Gasteiger partial charge >= 0.3 is 5.97 Å². The van der Waals surface area contributed by atoms with Gasteiger partial charge in [0.25, 0.3) is 5.56 Å². The van der Waals surface area contributed by atoms with Gasteiger partial charge in [0, 0.05) is 54.9 Å². The highest BCUT2D eigenvalue weighted by Crippen LogP contribution is 2.29. The number of aliphatic carboxylic acids is 1. The summed E-state index contributed by atoms with van der Waals surface area (Å²) in [6, 6.07) is 8.95. The Morgan fingerprint density at radius 1 is 1.22 bits per heavy atom. The molecule has 0 saturated carbocycles. The number of hydrogen-bond donors (Lipinski definition) is 2. The first kappa shape index (κ1) is 25.8. The van der Waals surface area contributed by atoms with Crippen molar-refractivity contribution >= 4 is 35.1 Å². The smallest absolute Gasteiger partial charge is 0.305 e. The monoisotopic (exact) mass is 513 g/mol. The van der Waals surface area contributed by atoms with Crippen LogP contribution in [-0.2, 0) is 16.1 Å². The normalized spacial score (nSPS) is 15.5. The quantitative estimate of drug-likeness (QED) is 0.376. The van der Waals surface area contributed by atoms with E-state index >= 15 is 0 Å². The van der Waals surface area contributed by atoms with Crippen LogP contribution in [0.5, 0.6) is 0 Å². The molecule has 1 aliphatic heterocycles. The molecule has 1 atom stereocenters. The van der Waals surface area contributed by atoms with Gasteiger partial charge in [-0.15, -0.1) is 0 Å². The summed E-state index contributed by atoms with van der Waals surface area (Å²) in [5.74, 6) is 0.229. The predicted octanol–water partition coefficient (Wildman–Crippen LogP) is 3.96. The van der Waals surface area contributed by atoms with Crippen LogP contribution in [0.1, 0.15) is 51.9 Å². The summed E-state index contributed by atoms with van der Waals surface area (Å²) >= 11 is 6.04. The molecule has 0 spiro atoms. The lowest BCUT2D eigenvalue weighted by Crippen LogP contribution is -2.38. The standard InChI is InChI=1S/C26H32ClN5O4/c1-2-3-4-13-31-23(30-14-5-6-20(30)15-22(33)28-12-11-25(35)36)16-24(34)32-17-21(29-26(31)32)18-7-9-19(27)10-8-18/h7-10,16-17,20H,2-6,11-15H2,1H3,(H,28,33)(H,35,36)/t20-/m1/s1. The van der Waals surface area contributed by atoms with Crippen LogP contribution < -0.4 is 15.8 Å². The third kappa shape index (κ3) is 5.90. The first-order valence-electron chi connectivity index (χ1n) is 12.5. The molecule has 1 aromatic carbocycles. The van der Waals surface area contributed by atoms with Gasteiger partial charge in [0.05, 0.1) is 12.1 Å². The number of anilines is 1. The van der Waals surface area contributed by atoms with Gasteiger partial charge in [0.1, 0.15) is 5.82 Å². The average molecular weight is 514 g/mol. The number of aryl methyl sites for hydroxylation is 1. The molecule has 3 heterocycles. The molecule has 9 nitrogen and oxygen atoms in total. The number of imidazole rings is 1. The lowest BCUT2D eigenvalue weighted by atomic mass is 10.1. The molecular formula is C26H32ClN5O4. The first-order valence-corrected chi connectivity index (χ1v) is 12.9. The number of benzene rings is 1. The Morgan fingerprint density at radius 3 is 2.72 bits per heavy atom. The molecule has 1 amide bonds. The molecule has 1 fully saturated rings. The lowest BCUT2D eigenvalue weighted by molar-refractivity contribution is -0.136. The highest BCUT2D eigenvalue weighted by Gasteiger charge is 2.30. The maximum absolute atomic E-state index is 13.2. The molecular weight excluding hydrogens is 482 g/mol. The number of unbranched alkanes of at least 4 members (excludes halogenated alkanes) is 2.